The molecule has 0 spiro atoms. The maximum Gasteiger partial charge on any atom is 0.392 e. The lowest BCUT2D eigenvalue weighted by molar-refractivity contribution is -0.182. The summed E-state index contributed by atoms with van der Waals surface area (Å²) in [5.41, 5.74) is -1.82. The first-order valence-corrected chi connectivity index (χ1v) is 13.1. The molecule has 4 radical (unpaired) electrons. The number of aromatic nitrogens is 4. The number of fused-ring (bicyclic) bond motifs is 1. The van der Waals surface area contributed by atoms with Crippen LogP contribution in [0.5, 0.6) is 0 Å². The van der Waals surface area contributed by atoms with E-state index in [0.29, 0.717) is 35.3 Å². The molecule has 3 aromatic heterocycles. The van der Waals surface area contributed by atoms with Crippen LogP contribution in [-0.2, 0) is 10.3 Å². The van der Waals surface area contributed by atoms with Crippen molar-refractivity contribution in [3.63, 3.8) is 0 Å². The largest absolute Gasteiger partial charge is 0.392 e. The van der Waals surface area contributed by atoms with Gasteiger partial charge in [-0.1, -0.05) is 13.8 Å². The lowest BCUT2D eigenvalue weighted by Crippen LogP contribution is -2.41. The summed E-state index contributed by atoms with van der Waals surface area (Å²) in [6.45, 7) is 4.98. The summed E-state index contributed by atoms with van der Waals surface area (Å²) in [7, 11) is 12.5. The Morgan fingerprint density at radius 1 is 1.20 bits per heavy atom. The fraction of sp³-hybridized carbons (Fsp3) is 0.556. The molecule has 1 fully saturated rings. The molecule has 1 saturated carbocycles. The van der Waals surface area contributed by atoms with Gasteiger partial charge in [0.2, 0.25) is 0 Å². The third-order valence-electron chi connectivity index (χ3n) is 7.88. The van der Waals surface area contributed by atoms with Crippen LogP contribution >= 0.6 is 0 Å². The molecule has 0 aromatic carbocycles. The van der Waals surface area contributed by atoms with Gasteiger partial charge >= 0.3 is 6.18 Å². The maximum absolute atomic E-state index is 14.6. The number of hydrogen-bond donors (Lipinski definition) is 1. The summed E-state index contributed by atoms with van der Waals surface area (Å²) in [5.74, 6) is -3.19. The fourth-order valence-electron chi connectivity index (χ4n) is 5.64. The van der Waals surface area contributed by atoms with E-state index in [0.717, 1.165) is 4.57 Å². The summed E-state index contributed by atoms with van der Waals surface area (Å²) in [6, 6.07) is 3.99. The molecule has 40 heavy (non-hydrogen) atoms. The molecule has 0 aliphatic heterocycles. The molecular weight excluding hydrogens is 526 g/mol. The zero-order chi connectivity index (χ0) is 29.6. The van der Waals surface area contributed by atoms with E-state index in [2.05, 4.69) is 9.97 Å². The fourth-order valence-corrected chi connectivity index (χ4v) is 5.64. The van der Waals surface area contributed by atoms with Crippen molar-refractivity contribution in [2.45, 2.75) is 76.1 Å². The molecule has 0 amide bonds. The van der Waals surface area contributed by atoms with E-state index in [-0.39, 0.29) is 30.1 Å². The lowest BCUT2D eigenvalue weighted by atomic mass is 9.73. The van der Waals surface area contributed by atoms with Gasteiger partial charge in [-0.3, -0.25) is 4.79 Å². The molecule has 4 rings (SSSR count). The lowest BCUT2D eigenvalue weighted by Gasteiger charge is -2.26. The van der Waals surface area contributed by atoms with Gasteiger partial charge < -0.3 is 14.4 Å². The second kappa shape index (κ2) is 11.2. The molecule has 5 atom stereocenters. The SMILES string of the molecule is [B]C([B])(O)n1cc(C(CC(CC)c2nc(C3CC(C)C(C(F)(F)F)C3)c3cc(F)c(C)nc3n2)OC)ccc1=O. The van der Waals surface area contributed by atoms with E-state index in [1.807, 2.05) is 6.92 Å². The minimum absolute atomic E-state index is 0.122. The van der Waals surface area contributed by atoms with Crippen LogP contribution in [0.2, 0.25) is 0 Å². The van der Waals surface area contributed by atoms with Gasteiger partial charge in [0.25, 0.3) is 5.56 Å². The molecule has 1 aliphatic rings. The molecule has 210 valence electrons. The Bertz CT molecular complexity index is 1440. The van der Waals surface area contributed by atoms with Gasteiger partial charge in [-0.25, -0.2) is 19.3 Å². The van der Waals surface area contributed by atoms with E-state index >= 15 is 0 Å². The highest BCUT2D eigenvalue weighted by atomic mass is 19.4. The molecule has 1 aliphatic carbocycles. The van der Waals surface area contributed by atoms with Crippen molar-refractivity contribution >= 4 is 26.7 Å². The monoisotopic (exact) mass is 556 g/mol. The molecule has 1 N–H and O–H groups in total. The third-order valence-corrected chi connectivity index (χ3v) is 7.88. The van der Waals surface area contributed by atoms with Crippen LogP contribution < -0.4 is 5.56 Å². The Kier molecular flexibility index (Phi) is 8.48. The normalized spacial score (nSPS) is 21.6. The van der Waals surface area contributed by atoms with E-state index in [1.165, 1.54) is 38.4 Å². The molecule has 3 heterocycles. The summed E-state index contributed by atoms with van der Waals surface area (Å²) < 4.78 is 62.1. The maximum atomic E-state index is 14.6. The Labute approximate surface area is 232 Å². The topological polar surface area (TPSA) is 90.1 Å². The van der Waals surface area contributed by atoms with Gasteiger partial charge in [0.15, 0.2) is 5.65 Å². The molecule has 3 aromatic rings. The molecule has 7 nitrogen and oxygen atoms in total. The third kappa shape index (κ3) is 6.10. The number of halogens is 4. The number of rotatable bonds is 8. The van der Waals surface area contributed by atoms with Crippen LogP contribution in [-0.4, -0.2) is 53.6 Å². The first-order chi connectivity index (χ1) is 18.6. The summed E-state index contributed by atoms with van der Waals surface area (Å²) in [5, 5.41) is 10.3. The van der Waals surface area contributed by atoms with E-state index < -0.39 is 46.9 Å². The zero-order valence-electron chi connectivity index (χ0n) is 22.7. The van der Waals surface area contributed by atoms with Crippen molar-refractivity contribution in [1.82, 2.24) is 19.5 Å². The van der Waals surface area contributed by atoms with Gasteiger partial charge in [0.05, 0.1) is 28.9 Å². The number of hydrogen-bond acceptors (Lipinski definition) is 6. The Morgan fingerprint density at radius 2 is 1.90 bits per heavy atom. The van der Waals surface area contributed by atoms with Crippen LogP contribution in [0.15, 0.2) is 29.2 Å². The van der Waals surface area contributed by atoms with Gasteiger partial charge in [-0.05, 0) is 56.2 Å². The molecule has 0 bridgehead atoms. The number of aryl methyl sites for hydroxylation is 1. The van der Waals surface area contributed by atoms with Gasteiger partial charge in [-0.15, -0.1) is 0 Å². The number of pyridine rings is 2. The summed E-state index contributed by atoms with van der Waals surface area (Å²) in [4.78, 5) is 25.8. The Morgan fingerprint density at radius 3 is 2.48 bits per heavy atom. The van der Waals surface area contributed by atoms with Gasteiger partial charge in [0.1, 0.15) is 27.3 Å². The Hall–Kier alpha value is -2.79. The van der Waals surface area contributed by atoms with Gasteiger partial charge in [-0.2, -0.15) is 13.2 Å². The minimum atomic E-state index is -4.34. The standard InChI is InChI=1S/C27H30B2F4N4O3/c1-5-15(10-21(40-4)16-6-7-22(38)37(12-16)27(28,29)39)24-35-23(17-8-13(2)19(9-17)26(31,32)33)18-11-20(30)14(3)34-25(18)36-24/h6-7,11-13,15,17,19,21,39H,5,8-10H2,1-4H3. The van der Waals surface area contributed by atoms with Crippen molar-refractivity contribution in [2.75, 3.05) is 7.11 Å². The van der Waals surface area contributed by atoms with Crippen molar-refractivity contribution in [3.05, 3.63) is 63.3 Å². The first kappa shape index (κ1) is 30.2. The Balaban J connectivity index is 1.76. The second-order valence-electron chi connectivity index (χ2n) is 10.7. The van der Waals surface area contributed by atoms with Crippen molar-refractivity contribution in [2.24, 2.45) is 11.8 Å². The quantitative estimate of drug-likeness (QED) is 0.325. The summed E-state index contributed by atoms with van der Waals surface area (Å²) in [6.07, 6.45) is -2.68. The first-order valence-electron chi connectivity index (χ1n) is 13.1. The highest BCUT2D eigenvalue weighted by Crippen LogP contribution is 2.50. The van der Waals surface area contributed by atoms with Gasteiger partial charge in [0, 0.05) is 36.6 Å². The van der Waals surface area contributed by atoms with E-state index in [9.17, 15) is 27.5 Å². The smallest absolute Gasteiger partial charge is 0.389 e. The number of nitrogens with zero attached hydrogens (tertiary/aromatic N) is 4. The minimum Gasteiger partial charge on any atom is -0.389 e. The number of ether oxygens (including phenoxy) is 1. The van der Waals surface area contributed by atoms with E-state index in [1.54, 1.807) is 6.92 Å². The van der Waals surface area contributed by atoms with E-state index in [4.69, 9.17) is 25.4 Å². The average Bonchev–Trinajstić information content (AvgIpc) is 3.27. The van der Waals surface area contributed by atoms with Crippen LogP contribution in [0.3, 0.4) is 0 Å². The van der Waals surface area contributed by atoms with Crippen LogP contribution in [0.1, 0.15) is 80.2 Å². The van der Waals surface area contributed by atoms with Crippen molar-refractivity contribution in [1.29, 1.82) is 0 Å². The predicted octanol–water partition coefficient (Wildman–Crippen LogP) is 4.49. The highest BCUT2D eigenvalue weighted by molar-refractivity contribution is 6.36. The summed E-state index contributed by atoms with van der Waals surface area (Å²) >= 11 is 0. The average molecular weight is 556 g/mol. The predicted molar refractivity (Wildman–Crippen MR) is 143 cm³/mol. The second-order valence-corrected chi connectivity index (χ2v) is 10.7. The molecular formula is C27H30B2F4N4O3. The highest BCUT2D eigenvalue weighted by Gasteiger charge is 2.49. The number of aliphatic hydroxyl groups is 1. The van der Waals surface area contributed by atoms with Crippen LogP contribution in [0.25, 0.3) is 11.0 Å². The molecule has 5 unspecified atom stereocenters. The van der Waals surface area contributed by atoms with Crippen molar-refractivity contribution in [3.8, 4) is 0 Å². The molecule has 0 saturated heterocycles. The number of methoxy groups -OCH3 is 1. The van der Waals surface area contributed by atoms with Crippen molar-refractivity contribution < 1.29 is 27.4 Å². The van der Waals surface area contributed by atoms with Crippen LogP contribution in [0.4, 0.5) is 17.6 Å². The zero-order valence-corrected chi connectivity index (χ0v) is 22.7. The van der Waals surface area contributed by atoms with Crippen LogP contribution in [0, 0.1) is 24.6 Å². The number of alkyl halides is 3. The molecule has 13 heteroatoms.